The molecule has 90 heavy (non-hydrogen) atoms. The molecule has 5 rings (SSSR count). The zero-order valence-corrected chi connectivity index (χ0v) is 51.7. The first-order chi connectivity index (χ1) is 43.9. The van der Waals surface area contributed by atoms with Crippen molar-refractivity contribution in [2.24, 2.45) is 0 Å². The number of esters is 7. The predicted octanol–water partition coefficient (Wildman–Crippen LogP) is 15.1. The van der Waals surface area contributed by atoms with Crippen LogP contribution in [0, 0.1) is 0 Å². The monoisotopic (exact) mass is 1240 g/mol. The molecule has 0 aromatic heterocycles. The van der Waals surface area contributed by atoms with Gasteiger partial charge in [0.2, 0.25) is 0 Å². The molecule has 5 aromatic rings. The lowest BCUT2D eigenvalue weighted by Crippen LogP contribution is -2.15. The fourth-order valence-electron chi connectivity index (χ4n) is 8.79. The average Bonchev–Trinajstić information content (AvgIpc) is 3.72. The maximum absolute atomic E-state index is 13.7. The summed E-state index contributed by atoms with van der Waals surface area (Å²) in [6.07, 6.45) is 22.5. The molecular formula is C72H86O18. The Kier molecular flexibility index (Phi) is 34.5. The van der Waals surface area contributed by atoms with Gasteiger partial charge in [0.25, 0.3) is 0 Å². The van der Waals surface area contributed by atoms with Gasteiger partial charge in [0.15, 0.2) is 0 Å². The second-order valence-corrected chi connectivity index (χ2v) is 20.9. The Hall–Kier alpha value is -9.19. The zero-order chi connectivity index (χ0) is 64.2. The molecule has 0 unspecified atom stereocenters. The van der Waals surface area contributed by atoms with Crippen molar-refractivity contribution in [2.45, 2.75) is 135 Å². The van der Waals surface area contributed by atoms with E-state index in [1.807, 2.05) is 0 Å². The summed E-state index contributed by atoms with van der Waals surface area (Å²) in [5.41, 5.74) is 0.706. The highest BCUT2D eigenvalue weighted by Gasteiger charge is 2.21. The quantitative estimate of drug-likeness (QED) is 0.0116. The summed E-state index contributed by atoms with van der Waals surface area (Å²) in [6.45, 7) is 13.3. The molecule has 0 spiro atoms. The number of hydrogen-bond donors (Lipinski definition) is 0. The molecule has 18 heteroatoms. The Morgan fingerprint density at radius 2 is 0.522 bits per heavy atom. The van der Waals surface area contributed by atoms with Crippen molar-refractivity contribution in [1.82, 2.24) is 0 Å². The minimum atomic E-state index is -0.791. The molecule has 0 aliphatic rings. The molecule has 0 aliphatic carbocycles. The molecule has 0 radical (unpaired) electrons. The van der Waals surface area contributed by atoms with Crippen LogP contribution in [-0.2, 0) is 33.3 Å². The summed E-state index contributed by atoms with van der Waals surface area (Å²) in [5.74, 6) is -1.24. The Morgan fingerprint density at radius 1 is 0.267 bits per heavy atom. The lowest BCUT2D eigenvalue weighted by molar-refractivity contribution is -0.138. The SMILES string of the molecule is C=CC(=O)OCCCCCCCCCOc1ccc(C(=O)Oc2ccc(OC(=O)c3ccc(OCCCCCCCCCOC(=O)C=C)cc3)c(C(=O)OCCCCCOc3ccc(OC(=O)c4ccc(OCCCCCCOC(=O)C=C)cc4)cc3)c2)cc1. The van der Waals surface area contributed by atoms with Crippen LogP contribution in [-0.4, -0.2) is 94.6 Å². The number of hydrogen-bond acceptors (Lipinski definition) is 18. The van der Waals surface area contributed by atoms with E-state index in [1.165, 1.54) is 30.4 Å². The van der Waals surface area contributed by atoms with Gasteiger partial charge in [-0.3, -0.25) is 0 Å². The van der Waals surface area contributed by atoms with E-state index in [-0.39, 0.29) is 34.8 Å². The summed E-state index contributed by atoms with van der Waals surface area (Å²) < 4.78 is 61.2. The fourth-order valence-corrected chi connectivity index (χ4v) is 8.79. The summed E-state index contributed by atoms with van der Waals surface area (Å²) in [6, 6.07) is 30.6. The van der Waals surface area contributed by atoms with Crippen molar-refractivity contribution in [1.29, 1.82) is 0 Å². The second kappa shape index (κ2) is 43.5. The topological polar surface area (TPSA) is 221 Å². The van der Waals surface area contributed by atoms with E-state index in [1.54, 1.807) is 97.1 Å². The van der Waals surface area contributed by atoms with Gasteiger partial charge < -0.3 is 52.1 Å². The van der Waals surface area contributed by atoms with Crippen LogP contribution in [0.2, 0.25) is 0 Å². The number of rotatable bonds is 47. The van der Waals surface area contributed by atoms with Gasteiger partial charge in [-0.25, -0.2) is 33.6 Å². The van der Waals surface area contributed by atoms with Gasteiger partial charge >= 0.3 is 41.8 Å². The number of carbonyl (C=O) groups is 7. The van der Waals surface area contributed by atoms with Crippen molar-refractivity contribution in [3.8, 4) is 40.2 Å². The Labute approximate surface area is 528 Å². The van der Waals surface area contributed by atoms with E-state index >= 15 is 0 Å². The first-order valence-electron chi connectivity index (χ1n) is 31.2. The largest absolute Gasteiger partial charge is 0.494 e. The highest BCUT2D eigenvalue weighted by atomic mass is 16.6. The molecule has 5 aromatic carbocycles. The molecule has 18 nitrogen and oxygen atoms in total. The van der Waals surface area contributed by atoms with E-state index in [0.717, 1.165) is 122 Å². The molecule has 0 saturated heterocycles. The minimum absolute atomic E-state index is 0.0243. The Morgan fingerprint density at radius 3 is 0.867 bits per heavy atom. The normalized spacial score (nSPS) is 10.6. The smallest absolute Gasteiger partial charge is 0.343 e. The van der Waals surface area contributed by atoms with Gasteiger partial charge in [0.1, 0.15) is 45.8 Å². The number of benzene rings is 5. The van der Waals surface area contributed by atoms with Crippen LogP contribution >= 0.6 is 0 Å². The van der Waals surface area contributed by atoms with Crippen LogP contribution < -0.4 is 33.2 Å². The maximum atomic E-state index is 13.7. The van der Waals surface area contributed by atoms with Crippen molar-refractivity contribution in [2.75, 3.05) is 52.9 Å². The van der Waals surface area contributed by atoms with Crippen molar-refractivity contribution < 1.29 is 85.7 Å². The zero-order valence-electron chi connectivity index (χ0n) is 51.7. The molecule has 0 atom stereocenters. The Bertz CT molecular complexity index is 2990. The fraction of sp³-hybridized carbons (Fsp3) is 0.403. The first kappa shape index (κ1) is 71.6. The van der Waals surface area contributed by atoms with Gasteiger partial charge in [0.05, 0.1) is 69.5 Å². The molecule has 0 aliphatic heterocycles. The summed E-state index contributed by atoms with van der Waals surface area (Å²) in [7, 11) is 0. The average molecular weight is 1240 g/mol. The number of carbonyl (C=O) groups excluding carboxylic acids is 7. The van der Waals surface area contributed by atoms with Crippen LogP contribution in [0.5, 0.6) is 40.2 Å². The molecule has 0 bridgehead atoms. The van der Waals surface area contributed by atoms with Gasteiger partial charge in [-0.05, 0) is 186 Å². The van der Waals surface area contributed by atoms with E-state index in [2.05, 4.69) is 19.7 Å². The molecule has 0 fully saturated rings. The lowest BCUT2D eigenvalue weighted by Gasteiger charge is -2.13. The lowest BCUT2D eigenvalue weighted by atomic mass is 10.1. The molecule has 482 valence electrons. The van der Waals surface area contributed by atoms with Crippen molar-refractivity contribution >= 4 is 41.8 Å². The standard InChI is InChI=1S/C72H86O18/c1-4-66(73)84-50-23-15-11-7-9-13-20-46-80-59-36-30-56(31-37-59)70(77)89-63-44-45-65(90-71(78)57-32-38-60(39-33-57)81-47-21-14-10-8-12-16-24-51-85-67(74)5-2)64(54-63)72(79)87-53-27-19-26-49-83-61-40-42-62(43-41-61)88-69(76)55-28-34-58(35-29-55)82-48-22-17-18-25-52-86-68(75)6-3/h4-6,28-45,54H,1-3,7-27,46-53H2. The maximum Gasteiger partial charge on any atom is 0.343 e. The van der Waals surface area contributed by atoms with Crippen LogP contribution in [0.1, 0.15) is 176 Å². The molecule has 0 N–H and O–H groups in total. The van der Waals surface area contributed by atoms with Crippen molar-refractivity contribution in [3.05, 3.63) is 175 Å². The molecule has 0 heterocycles. The van der Waals surface area contributed by atoms with E-state index < -0.39 is 41.8 Å². The van der Waals surface area contributed by atoms with Crippen LogP contribution in [0.15, 0.2) is 153 Å². The molecule has 0 amide bonds. The summed E-state index contributed by atoms with van der Waals surface area (Å²) in [5, 5.41) is 0. The number of unbranched alkanes of at least 4 members (excludes halogenated alkanes) is 17. The second-order valence-electron chi connectivity index (χ2n) is 20.9. The van der Waals surface area contributed by atoms with E-state index in [9.17, 15) is 33.6 Å². The van der Waals surface area contributed by atoms with Crippen LogP contribution in [0.3, 0.4) is 0 Å². The highest BCUT2D eigenvalue weighted by molar-refractivity contribution is 5.97. The molecule has 0 saturated carbocycles. The predicted molar refractivity (Wildman–Crippen MR) is 340 cm³/mol. The first-order valence-corrected chi connectivity index (χ1v) is 31.2. The highest BCUT2D eigenvalue weighted by Crippen LogP contribution is 2.29. The van der Waals surface area contributed by atoms with Crippen molar-refractivity contribution in [3.63, 3.8) is 0 Å². The van der Waals surface area contributed by atoms with E-state index in [0.29, 0.717) is 99.8 Å². The summed E-state index contributed by atoms with van der Waals surface area (Å²) in [4.78, 5) is 86.9. The third-order valence-electron chi connectivity index (χ3n) is 13.8. The Balaban J connectivity index is 1.05. The van der Waals surface area contributed by atoms with E-state index in [4.69, 9.17) is 52.1 Å². The van der Waals surface area contributed by atoms with Gasteiger partial charge in [-0.1, -0.05) is 83.9 Å². The van der Waals surface area contributed by atoms with Crippen LogP contribution in [0.4, 0.5) is 0 Å². The number of ether oxygens (including phenoxy) is 11. The van der Waals surface area contributed by atoms with Gasteiger partial charge in [-0.15, -0.1) is 0 Å². The van der Waals surface area contributed by atoms with Gasteiger partial charge in [-0.2, -0.15) is 0 Å². The third-order valence-corrected chi connectivity index (χ3v) is 13.8. The minimum Gasteiger partial charge on any atom is -0.494 e. The van der Waals surface area contributed by atoms with Crippen LogP contribution in [0.25, 0.3) is 0 Å². The van der Waals surface area contributed by atoms with Gasteiger partial charge in [0, 0.05) is 18.2 Å². The molecular weight excluding hydrogens is 1150 g/mol. The summed E-state index contributed by atoms with van der Waals surface area (Å²) >= 11 is 0. The third kappa shape index (κ3) is 29.7.